The van der Waals surface area contributed by atoms with Gasteiger partial charge in [0.1, 0.15) is 0 Å². The summed E-state index contributed by atoms with van der Waals surface area (Å²) in [7, 11) is 2.20. The fraction of sp³-hybridized carbons (Fsp3) is 0.812. The fourth-order valence-corrected chi connectivity index (χ4v) is 3.54. The highest BCUT2D eigenvalue weighted by Crippen LogP contribution is 2.23. The van der Waals surface area contributed by atoms with Gasteiger partial charge in [0.05, 0.1) is 18.1 Å². The molecule has 1 aliphatic heterocycles. The smallest absolute Gasteiger partial charge is 0.0948 e. The maximum absolute atomic E-state index is 6.07. The van der Waals surface area contributed by atoms with Crippen LogP contribution in [0.3, 0.4) is 0 Å². The van der Waals surface area contributed by atoms with Crippen LogP contribution >= 0.6 is 0 Å². The highest BCUT2D eigenvalue weighted by atomic mass is 15.2. The molecule has 2 unspecified atom stereocenters. The third-order valence-electron chi connectivity index (χ3n) is 4.71. The molecule has 2 rings (SSSR count). The van der Waals surface area contributed by atoms with Crippen molar-refractivity contribution in [2.45, 2.75) is 51.7 Å². The van der Waals surface area contributed by atoms with Crippen molar-refractivity contribution in [3.63, 3.8) is 0 Å². The van der Waals surface area contributed by atoms with E-state index in [-0.39, 0.29) is 6.04 Å². The quantitative estimate of drug-likeness (QED) is 0.793. The number of nitrogens with zero attached hydrogens (tertiary/aromatic N) is 4. The first-order valence-electron chi connectivity index (χ1n) is 8.35. The zero-order valence-electron chi connectivity index (χ0n) is 13.8. The lowest BCUT2D eigenvalue weighted by molar-refractivity contribution is 0.162. The van der Waals surface area contributed by atoms with E-state index >= 15 is 0 Å². The van der Waals surface area contributed by atoms with Gasteiger partial charge in [0.15, 0.2) is 0 Å². The van der Waals surface area contributed by atoms with Crippen molar-refractivity contribution in [3.8, 4) is 0 Å². The summed E-state index contributed by atoms with van der Waals surface area (Å²) in [5, 5.41) is 0. The van der Waals surface area contributed by atoms with Gasteiger partial charge in [0, 0.05) is 31.9 Å². The average Bonchev–Trinajstić information content (AvgIpc) is 3.10. The Morgan fingerprint density at radius 1 is 1.48 bits per heavy atom. The summed E-state index contributed by atoms with van der Waals surface area (Å²) in [5.74, 6) is 0. The predicted octanol–water partition coefficient (Wildman–Crippen LogP) is 1.71. The van der Waals surface area contributed by atoms with Crippen LogP contribution in [0.1, 0.15) is 44.8 Å². The Kier molecular flexibility index (Phi) is 6.21. The minimum absolute atomic E-state index is 0.262. The molecule has 0 amide bonds. The SMILES string of the molecule is CCCn1cncc1C(CN)N(C)CC1CCCN1CC. The van der Waals surface area contributed by atoms with E-state index in [0.29, 0.717) is 12.6 Å². The van der Waals surface area contributed by atoms with Crippen molar-refractivity contribution in [2.75, 3.05) is 33.2 Å². The molecule has 1 aromatic rings. The molecule has 5 heteroatoms. The third kappa shape index (κ3) is 3.84. The van der Waals surface area contributed by atoms with Crippen LogP contribution in [0.25, 0.3) is 0 Å². The van der Waals surface area contributed by atoms with Crippen molar-refractivity contribution in [3.05, 3.63) is 18.2 Å². The summed E-state index contributed by atoms with van der Waals surface area (Å²) in [6.45, 7) is 9.61. The number of likely N-dealkylation sites (N-methyl/N-ethyl adjacent to an activating group) is 2. The van der Waals surface area contributed by atoms with Crippen molar-refractivity contribution in [1.29, 1.82) is 0 Å². The average molecular weight is 293 g/mol. The number of rotatable bonds is 8. The number of imidazole rings is 1. The molecule has 0 bridgehead atoms. The first kappa shape index (κ1) is 16.5. The van der Waals surface area contributed by atoms with E-state index in [4.69, 9.17) is 5.73 Å². The van der Waals surface area contributed by atoms with E-state index in [2.05, 4.69) is 40.2 Å². The molecular weight excluding hydrogens is 262 g/mol. The van der Waals surface area contributed by atoms with Crippen molar-refractivity contribution in [2.24, 2.45) is 5.73 Å². The summed E-state index contributed by atoms with van der Waals surface area (Å²) < 4.78 is 2.25. The Hall–Kier alpha value is -0.910. The first-order valence-corrected chi connectivity index (χ1v) is 8.35. The predicted molar refractivity (Wildman–Crippen MR) is 87.2 cm³/mol. The molecule has 5 nitrogen and oxygen atoms in total. The number of nitrogens with two attached hydrogens (primary N) is 1. The second kappa shape index (κ2) is 7.92. The normalized spacial score (nSPS) is 21.3. The van der Waals surface area contributed by atoms with E-state index < -0.39 is 0 Å². The van der Waals surface area contributed by atoms with Gasteiger partial charge >= 0.3 is 0 Å². The number of aromatic nitrogens is 2. The number of likely N-dealkylation sites (tertiary alicyclic amines) is 1. The molecule has 0 radical (unpaired) electrons. The third-order valence-corrected chi connectivity index (χ3v) is 4.71. The molecule has 0 spiro atoms. The molecule has 1 fully saturated rings. The van der Waals surface area contributed by atoms with E-state index in [1.165, 1.54) is 25.1 Å². The molecule has 2 atom stereocenters. The van der Waals surface area contributed by atoms with Crippen LogP contribution < -0.4 is 5.73 Å². The Balaban J connectivity index is 2.04. The zero-order chi connectivity index (χ0) is 15.2. The summed E-state index contributed by atoms with van der Waals surface area (Å²) in [6.07, 6.45) is 7.67. The molecule has 0 aromatic carbocycles. The van der Waals surface area contributed by atoms with E-state index in [9.17, 15) is 0 Å². The molecule has 2 heterocycles. The second-order valence-electron chi connectivity index (χ2n) is 6.13. The van der Waals surface area contributed by atoms with E-state index in [1.807, 2.05) is 12.5 Å². The minimum Gasteiger partial charge on any atom is -0.333 e. The summed E-state index contributed by atoms with van der Waals surface area (Å²) in [4.78, 5) is 9.33. The summed E-state index contributed by atoms with van der Waals surface area (Å²) in [5.41, 5.74) is 7.33. The van der Waals surface area contributed by atoms with Crippen LogP contribution in [0.4, 0.5) is 0 Å². The van der Waals surface area contributed by atoms with Gasteiger partial charge in [-0.2, -0.15) is 0 Å². The number of hydrogen-bond donors (Lipinski definition) is 1. The number of aryl methyl sites for hydroxylation is 1. The van der Waals surface area contributed by atoms with Crippen LogP contribution in [0.15, 0.2) is 12.5 Å². The highest BCUT2D eigenvalue weighted by molar-refractivity contribution is 5.06. The van der Waals surface area contributed by atoms with Gasteiger partial charge in [0.2, 0.25) is 0 Å². The summed E-state index contributed by atoms with van der Waals surface area (Å²) >= 11 is 0. The minimum atomic E-state index is 0.262. The Bertz CT molecular complexity index is 417. The Labute approximate surface area is 129 Å². The molecule has 0 aliphatic carbocycles. The topological polar surface area (TPSA) is 50.3 Å². The maximum atomic E-state index is 6.07. The standard InChI is InChI=1S/C16H31N5/c1-4-8-21-13-18-11-16(21)15(10-17)19(3)12-14-7-6-9-20(14)5-2/h11,13-15H,4-10,12,17H2,1-3H3. The maximum Gasteiger partial charge on any atom is 0.0948 e. The Morgan fingerprint density at radius 2 is 2.29 bits per heavy atom. The molecule has 0 saturated carbocycles. The largest absolute Gasteiger partial charge is 0.333 e. The van der Waals surface area contributed by atoms with Gasteiger partial charge in [0.25, 0.3) is 0 Å². The molecule has 1 saturated heterocycles. The van der Waals surface area contributed by atoms with Gasteiger partial charge in [-0.3, -0.25) is 9.80 Å². The molecular formula is C16H31N5. The van der Waals surface area contributed by atoms with Crippen LogP contribution in [0.2, 0.25) is 0 Å². The molecule has 1 aromatic heterocycles. The second-order valence-corrected chi connectivity index (χ2v) is 6.13. The van der Waals surface area contributed by atoms with E-state index in [0.717, 1.165) is 26.1 Å². The van der Waals surface area contributed by atoms with Gasteiger partial charge in [-0.15, -0.1) is 0 Å². The highest BCUT2D eigenvalue weighted by Gasteiger charge is 2.27. The number of hydrogen-bond acceptors (Lipinski definition) is 4. The molecule has 2 N–H and O–H groups in total. The monoisotopic (exact) mass is 293 g/mol. The molecule has 21 heavy (non-hydrogen) atoms. The van der Waals surface area contributed by atoms with E-state index in [1.54, 1.807) is 0 Å². The lowest BCUT2D eigenvalue weighted by Gasteiger charge is -2.33. The van der Waals surface area contributed by atoms with Gasteiger partial charge in [-0.05, 0) is 39.4 Å². The lowest BCUT2D eigenvalue weighted by atomic mass is 10.1. The molecule has 120 valence electrons. The first-order chi connectivity index (χ1) is 10.2. The Morgan fingerprint density at radius 3 is 2.95 bits per heavy atom. The van der Waals surface area contributed by atoms with Crippen molar-refractivity contribution < 1.29 is 0 Å². The van der Waals surface area contributed by atoms with Gasteiger partial charge < -0.3 is 10.3 Å². The van der Waals surface area contributed by atoms with Crippen molar-refractivity contribution >= 4 is 0 Å². The van der Waals surface area contributed by atoms with Crippen LogP contribution in [-0.2, 0) is 6.54 Å². The zero-order valence-corrected chi connectivity index (χ0v) is 13.8. The van der Waals surface area contributed by atoms with Crippen LogP contribution in [0, 0.1) is 0 Å². The van der Waals surface area contributed by atoms with Crippen LogP contribution in [0.5, 0.6) is 0 Å². The van der Waals surface area contributed by atoms with Crippen LogP contribution in [-0.4, -0.2) is 58.6 Å². The lowest BCUT2D eigenvalue weighted by Crippen LogP contribution is -2.42. The fourth-order valence-electron chi connectivity index (χ4n) is 3.54. The van der Waals surface area contributed by atoms with Gasteiger partial charge in [-0.25, -0.2) is 4.98 Å². The molecule has 1 aliphatic rings. The van der Waals surface area contributed by atoms with Gasteiger partial charge in [-0.1, -0.05) is 13.8 Å². The van der Waals surface area contributed by atoms with Crippen molar-refractivity contribution in [1.82, 2.24) is 19.4 Å². The summed E-state index contributed by atoms with van der Waals surface area (Å²) in [6, 6.07) is 0.940.